The van der Waals surface area contributed by atoms with Crippen molar-refractivity contribution in [2.75, 3.05) is 0 Å². The number of nitrogens with one attached hydrogen (secondary N) is 1. The summed E-state index contributed by atoms with van der Waals surface area (Å²) in [4.78, 5) is 8.38. The highest BCUT2D eigenvalue weighted by atomic mass is 79.9. The Hall–Kier alpha value is -1.46. The summed E-state index contributed by atoms with van der Waals surface area (Å²) in [6.45, 7) is 7.08. The maximum atomic E-state index is 5.81. The molecule has 0 aliphatic heterocycles. The van der Waals surface area contributed by atoms with Crippen molar-refractivity contribution in [3.63, 3.8) is 0 Å². The van der Waals surface area contributed by atoms with Gasteiger partial charge in [-0.15, -0.1) is 0 Å². The van der Waals surface area contributed by atoms with Crippen molar-refractivity contribution in [3.8, 4) is 11.6 Å². The SMILES string of the molecule is CC(C)(C)NCc1cccnc1Oc1cncc(Br)c1. The zero-order valence-corrected chi connectivity index (χ0v) is 13.4. The van der Waals surface area contributed by atoms with Gasteiger partial charge in [0.1, 0.15) is 5.75 Å². The van der Waals surface area contributed by atoms with Crippen molar-refractivity contribution < 1.29 is 4.74 Å². The van der Waals surface area contributed by atoms with Gasteiger partial charge in [-0.3, -0.25) is 4.98 Å². The maximum Gasteiger partial charge on any atom is 0.223 e. The predicted octanol–water partition coefficient (Wildman–Crippen LogP) is 3.92. The third kappa shape index (κ3) is 4.58. The average molecular weight is 336 g/mol. The van der Waals surface area contributed by atoms with E-state index in [0.717, 1.165) is 10.0 Å². The molecule has 0 unspecified atom stereocenters. The predicted molar refractivity (Wildman–Crippen MR) is 82.8 cm³/mol. The van der Waals surface area contributed by atoms with Crippen molar-refractivity contribution in [2.24, 2.45) is 0 Å². The van der Waals surface area contributed by atoms with E-state index in [1.54, 1.807) is 18.6 Å². The molecule has 2 aromatic heterocycles. The summed E-state index contributed by atoms with van der Waals surface area (Å²) < 4.78 is 6.69. The van der Waals surface area contributed by atoms with Crippen LogP contribution in [0.15, 0.2) is 41.3 Å². The van der Waals surface area contributed by atoms with Crippen LogP contribution in [-0.2, 0) is 6.54 Å². The molecule has 2 rings (SSSR count). The normalized spacial score (nSPS) is 11.4. The van der Waals surface area contributed by atoms with E-state index in [1.807, 2.05) is 18.2 Å². The topological polar surface area (TPSA) is 47.0 Å². The summed E-state index contributed by atoms with van der Waals surface area (Å²) in [6.07, 6.45) is 5.11. The second kappa shape index (κ2) is 6.33. The molecule has 0 fully saturated rings. The van der Waals surface area contributed by atoms with E-state index in [9.17, 15) is 0 Å². The Morgan fingerprint density at radius 3 is 2.80 bits per heavy atom. The summed E-state index contributed by atoms with van der Waals surface area (Å²) in [6, 6.07) is 5.78. The van der Waals surface area contributed by atoms with Gasteiger partial charge in [0.2, 0.25) is 5.88 Å². The highest BCUT2D eigenvalue weighted by Gasteiger charge is 2.12. The molecule has 0 spiro atoms. The van der Waals surface area contributed by atoms with Crippen LogP contribution in [0.2, 0.25) is 0 Å². The molecule has 0 aromatic carbocycles. The largest absolute Gasteiger partial charge is 0.437 e. The molecule has 5 heteroatoms. The molecule has 0 saturated carbocycles. The number of rotatable bonds is 4. The molecular weight excluding hydrogens is 318 g/mol. The summed E-state index contributed by atoms with van der Waals surface area (Å²) >= 11 is 3.38. The lowest BCUT2D eigenvalue weighted by Gasteiger charge is -2.21. The quantitative estimate of drug-likeness (QED) is 0.919. The highest BCUT2D eigenvalue weighted by molar-refractivity contribution is 9.10. The van der Waals surface area contributed by atoms with E-state index < -0.39 is 0 Å². The molecule has 1 N–H and O–H groups in total. The molecule has 4 nitrogen and oxygen atoms in total. The second-order valence-electron chi connectivity index (χ2n) is 5.51. The van der Waals surface area contributed by atoms with E-state index in [2.05, 4.69) is 52.0 Å². The maximum absolute atomic E-state index is 5.81. The number of hydrogen-bond acceptors (Lipinski definition) is 4. The van der Waals surface area contributed by atoms with Crippen LogP contribution in [0.1, 0.15) is 26.3 Å². The van der Waals surface area contributed by atoms with E-state index in [-0.39, 0.29) is 5.54 Å². The fourth-order valence-corrected chi connectivity index (χ4v) is 1.91. The van der Waals surface area contributed by atoms with Gasteiger partial charge in [0.05, 0.1) is 6.20 Å². The second-order valence-corrected chi connectivity index (χ2v) is 6.43. The number of hydrogen-bond donors (Lipinski definition) is 1. The van der Waals surface area contributed by atoms with Crippen molar-refractivity contribution in [3.05, 3.63) is 46.8 Å². The van der Waals surface area contributed by atoms with E-state index >= 15 is 0 Å². The molecular formula is C15H18BrN3O. The number of halogens is 1. The number of aromatic nitrogens is 2. The lowest BCUT2D eigenvalue weighted by atomic mass is 10.1. The fourth-order valence-electron chi connectivity index (χ4n) is 1.57. The van der Waals surface area contributed by atoms with Gasteiger partial charge in [-0.2, -0.15) is 0 Å². The Kier molecular flexibility index (Phi) is 4.73. The fraction of sp³-hybridized carbons (Fsp3) is 0.333. The molecule has 0 aliphatic rings. The molecule has 106 valence electrons. The van der Waals surface area contributed by atoms with E-state index in [4.69, 9.17) is 4.74 Å². The van der Waals surface area contributed by atoms with Gasteiger partial charge in [0.25, 0.3) is 0 Å². The van der Waals surface area contributed by atoms with E-state index in [0.29, 0.717) is 18.2 Å². The Labute approximate surface area is 127 Å². The molecule has 0 saturated heterocycles. The van der Waals surface area contributed by atoms with Crippen LogP contribution in [0.25, 0.3) is 0 Å². The zero-order valence-electron chi connectivity index (χ0n) is 11.9. The molecule has 0 atom stereocenters. The van der Waals surface area contributed by atoms with E-state index in [1.165, 1.54) is 0 Å². The first-order valence-electron chi connectivity index (χ1n) is 6.41. The van der Waals surface area contributed by atoms with Gasteiger partial charge in [0.15, 0.2) is 0 Å². The molecule has 0 bridgehead atoms. The van der Waals surface area contributed by atoms with Gasteiger partial charge in [0, 0.05) is 34.5 Å². The van der Waals surface area contributed by atoms with Crippen LogP contribution in [-0.4, -0.2) is 15.5 Å². The Bertz CT molecular complexity index is 581. The first kappa shape index (κ1) is 14.9. The summed E-state index contributed by atoms with van der Waals surface area (Å²) in [5.41, 5.74) is 1.06. The van der Waals surface area contributed by atoms with Crippen molar-refractivity contribution in [1.82, 2.24) is 15.3 Å². The lowest BCUT2D eigenvalue weighted by Crippen LogP contribution is -2.35. The minimum atomic E-state index is 0.0461. The monoisotopic (exact) mass is 335 g/mol. The van der Waals surface area contributed by atoms with Gasteiger partial charge in [-0.1, -0.05) is 6.07 Å². The molecule has 2 aromatic rings. The van der Waals surface area contributed by atoms with Crippen molar-refractivity contribution >= 4 is 15.9 Å². The summed E-state index contributed by atoms with van der Waals surface area (Å²) in [7, 11) is 0. The van der Waals surface area contributed by atoms with Crippen LogP contribution in [0.4, 0.5) is 0 Å². The minimum absolute atomic E-state index is 0.0461. The molecule has 0 aliphatic carbocycles. The van der Waals surface area contributed by atoms with Crippen LogP contribution in [0, 0.1) is 0 Å². The zero-order chi connectivity index (χ0) is 14.6. The molecule has 20 heavy (non-hydrogen) atoms. The van der Waals surface area contributed by atoms with Crippen molar-refractivity contribution in [2.45, 2.75) is 32.9 Å². The Balaban J connectivity index is 2.15. The standard InChI is InChI=1S/C15H18BrN3O/c1-15(2,3)19-8-11-5-4-6-18-14(11)20-13-7-12(16)9-17-10-13/h4-7,9-10,19H,8H2,1-3H3. The third-order valence-electron chi connectivity index (χ3n) is 2.55. The summed E-state index contributed by atoms with van der Waals surface area (Å²) in [5, 5.41) is 3.43. The van der Waals surface area contributed by atoms with Gasteiger partial charge >= 0.3 is 0 Å². The van der Waals surface area contributed by atoms with Gasteiger partial charge < -0.3 is 10.1 Å². The molecule has 2 heterocycles. The lowest BCUT2D eigenvalue weighted by molar-refractivity contribution is 0.409. The van der Waals surface area contributed by atoms with Crippen LogP contribution in [0.3, 0.4) is 0 Å². The highest BCUT2D eigenvalue weighted by Crippen LogP contribution is 2.24. The molecule has 0 amide bonds. The number of ether oxygens (including phenoxy) is 1. The minimum Gasteiger partial charge on any atom is -0.437 e. The smallest absolute Gasteiger partial charge is 0.223 e. The average Bonchev–Trinajstić information content (AvgIpc) is 2.37. The van der Waals surface area contributed by atoms with Gasteiger partial charge in [-0.25, -0.2) is 4.98 Å². The van der Waals surface area contributed by atoms with Crippen molar-refractivity contribution in [1.29, 1.82) is 0 Å². The third-order valence-corrected chi connectivity index (χ3v) is 2.99. The summed E-state index contributed by atoms with van der Waals surface area (Å²) in [5.74, 6) is 1.26. The number of pyridine rings is 2. The van der Waals surface area contributed by atoms with Gasteiger partial charge in [-0.05, 0) is 48.8 Å². The number of nitrogens with zero attached hydrogens (tertiary/aromatic N) is 2. The first-order valence-corrected chi connectivity index (χ1v) is 7.21. The van der Waals surface area contributed by atoms with Crippen LogP contribution >= 0.6 is 15.9 Å². The molecule has 0 radical (unpaired) electrons. The Morgan fingerprint density at radius 2 is 2.10 bits per heavy atom. The first-order chi connectivity index (χ1) is 9.44. The van der Waals surface area contributed by atoms with Crippen LogP contribution in [0.5, 0.6) is 11.6 Å². The Morgan fingerprint density at radius 1 is 1.30 bits per heavy atom. The van der Waals surface area contributed by atoms with Crippen LogP contribution < -0.4 is 10.1 Å².